The van der Waals surface area contributed by atoms with Crippen molar-refractivity contribution in [2.75, 3.05) is 23.9 Å². The van der Waals surface area contributed by atoms with Crippen molar-refractivity contribution in [2.45, 2.75) is 0 Å². The quantitative estimate of drug-likeness (QED) is 0.754. The smallest absolute Gasteiger partial charge is 0.337 e. The number of carboxylic acid groups (broad SMARTS) is 1. The highest BCUT2D eigenvalue weighted by Crippen LogP contribution is 2.20. The summed E-state index contributed by atoms with van der Waals surface area (Å²) in [6.07, 6.45) is 1.06. The highest BCUT2D eigenvalue weighted by atomic mass is 35.5. The van der Waals surface area contributed by atoms with Crippen LogP contribution >= 0.6 is 11.6 Å². The molecule has 7 nitrogen and oxygen atoms in total. The molecule has 110 valence electrons. The number of sulfone groups is 1. The molecule has 1 aromatic carbocycles. The van der Waals surface area contributed by atoms with Gasteiger partial charge < -0.3 is 15.7 Å². The van der Waals surface area contributed by atoms with Crippen molar-refractivity contribution in [2.24, 2.45) is 0 Å². The average Bonchev–Trinajstić information content (AvgIpc) is 2.29. The third kappa shape index (κ3) is 5.45. The minimum atomic E-state index is -3.15. The summed E-state index contributed by atoms with van der Waals surface area (Å²) in [6, 6.07) is 3.36. The Morgan fingerprint density at radius 1 is 1.35 bits per heavy atom. The number of hydrogen-bond acceptors (Lipinski definition) is 4. The van der Waals surface area contributed by atoms with E-state index < -0.39 is 21.8 Å². The molecular formula is C11H13ClN2O5S. The summed E-state index contributed by atoms with van der Waals surface area (Å²) in [5.74, 6) is -1.39. The number of rotatable bonds is 5. The third-order valence-electron chi connectivity index (χ3n) is 2.21. The normalized spacial score (nSPS) is 10.9. The number of carbonyl (C=O) groups excluding carboxylic acids is 1. The minimum absolute atomic E-state index is 0.0377. The molecule has 20 heavy (non-hydrogen) atoms. The molecule has 0 fully saturated rings. The number of amides is 2. The third-order valence-corrected chi connectivity index (χ3v) is 3.49. The second kappa shape index (κ2) is 6.58. The van der Waals surface area contributed by atoms with Gasteiger partial charge in [0.05, 0.1) is 16.3 Å². The number of carbonyl (C=O) groups is 2. The van der Waals surface area contributed by atoms with E-state index in [1.54, 1.807) is 0 Å². The zero-order valence-corrected chi connectivity index (χ0v) is 12.1. The Bertz CT molecular complexity index is 630. The molecular weight excluding hydrogens is 308 g/mol. The number of anilines is 1. The summed E-state index contributed by atoms with van der Waals surface area (Å²) in [6.45, 7) is -0.0377. The lowest BCUT2D eigenvalue weighted by Gasteiger charge is -2.08. The van der Waals surface area contributed by atoms with E-state index in [0.29, 0.717) is 0 Å². The maximum atomic E-state index is 11.5. The number of hydrogen-bond donors (Lipinski definition) is 3. The molecule has 0 aromatic heterocycles. The lowest BCUT2D eigenvalue weighted by molar-refractivity contribution is 0.0697. The van der Waals surface area contributed by atoms with Crippen LogP contribution in [0.4, 0.5) is 10.5 Å². The van der Waals surface area contributed by atoms with Crippen LogP contribution in [0.3, 0.4) is 0 Å². The fraction of sp³-hybridized carbons (Fsp3) is 0.273. The molecule has 0 spiro atoms. The largest absolute Gasteiger partial charge is 0.478 e. The maximum absolute atomic E-state index is 11.5. The van der Waals surface area contributed by atoms with E-state index in [0.717, 1.165) is 6.26 Å². The van der Waals surface area contributed by atoms with E-state index >= 15 is 0 Å². The minimum Gasteiger partial charge on any atom is -0.478 e. The molecule has 0 aliphatic rings. The summed E-state index contributed by atoms with van der Waals surface area (Å²) in [4.78, 5) is 22.3. The average molecular weight is 321 g/mol. The molecule has 0 heterocycles. The Hall–Kier alpha value is -1.80. The Kier molecular flexibility index (Phi) is 5.34. The lowest BCUT2D eigenvalue weighted by atomic mass is 10.2. The van der Waals surface area contributed by atoms with E-state index in [9.17, 15) is 18.0 Å². The van der Waals surface area contributed by atoms with Gasteiger partial charge in [0.1, 0.15) is 9.84 Å². The van der Waals surface area contributed by atoms with Crippen LogP contribution in [0, 0.1) is 0 Å². The first-order chi connectivity index (χ1) is 9.19. The molecule has 0 aliphatic heterocycles. The van der Waals surface area contributed by atoms with Crippen molar-refractivity contribution in [3.05, 3.63) is 28.8 Å². The van der Waals surface area contributed by atoms with Crippen molar-refractivity contribution in [1.82, 2.24) is 5.32 Å². The van der Waals surface area contributed by atoms with Crippen molar-refractivity contribution in [1.29, 1.82) is 0 Å². The molecule has 3 N–H and O–H groups in total. The molecule has 0 bridgehead atoms. The van der Waals surface area contributed by atoms with Gasteiger partial charge in [-0.25, -0.2) is 18.0 Å². The fourth-order valence-corrected chi connectivity index (χ4v) is 1.96. The fourth-order valence-electron chi connectivity index (χ4n) is 1.29. The standard InChI is InChI=1S/C11H13ClN2O5S/c1-20(18,19)5-4-13-11(17)14-7-2-3-9(12)8(6-7)10(15)16/h2-3,6H,4-5H2,1H3,(H,15,16)(H2,13,14,17). The van der Waals surface area contributed by atoms with E-state index in [1.165, 1.54) is 18.2 Å². The first kappa shape index (κ1) is 16.3. The summed E-state index contributed by atoms with van der Waals surface area (Å²) in [5.41, 5.74) is 0.101. The van der Waals surface area contributed by atoms with Gasteiger partial charge in [-0.1, -0.05) is 11.6 Å². The van der Waals surface area contributed by atoms with E-state index in [2.05, 4.69) is 10.6 Å². The van der Waals surface area contributed by atoms with Gasteiger partial charge in [0, 0.05) is 18.5 Å². The van der Waals surface area contributed by atoms with Crippen LogP contribution in [-0.4, -0.2) is 44.1 Å². The predicted molar refractivity (Wildman–Crippen MR) is 75.1 cm³/mol. The molecule has 2 amide bonds. The number of carboxylic acids is 1. The van der Waals surface area contributed by atoms with E-state index in [1.807, 2.05) is 0 Å². The zero-order chi connectivity index (χ0) is 15.3. The molecule has 9 heteroatoms. The van der Waals surface area contributed by atoms with Crippen molar-refractivity contribution in [3.8, 4) is 0 Å². The molecule has 0 radical (unpaired) electrons. The molecule has 0 atom stereocenters. The molecule has 0 aliphatic carbocycles. The van der Waals surface area contributed by atoms with Gasteiger partial charge in [-0.3, -0.25) is 0 Å². The number of benzene rings is 1. The molecule has 0 saturated carbocycles. The monoisotopic (exact) mass is 320 g/mol. The second-order valence-corrected chi connectivity index (χ2v) is 6.68. The SMILES string of the molecule is CS(=O)(=O)CCNC(=O)Nc1ccc(Cl)c(C(=O)O)c1. The van der Waals surface area contributed by atoms with Crippen molar-refractivity contribution < 1.29 is 23.1 Å². The topological polar surface area (TPSA) is 113 Å². The van der Waals surface area contributed by atoms with Gasteiger partial charge in [-0.15, -0.1) is 0 Å². The summed E-state index contributed by atoms with van der Waals surface area (Å²) in [7, 11) is -3.15. The Balaban J connectivity index is 2.63. The van der Waals surface area contributed by atoms with Gasteiger partial charge in [-0.05, 0) is 18.2 Å². The van der Waals surface area contributed by atoms with Crippen LogP contribution in [0.2, 0.25) is 5.02 Å². The van der Waals surface area contributed by atoms with Crippen LogP contribution in [0.1, 0.15) is 10.4 Å². The first-order valence-electron chi connectivity index (χ1n) is 5.44. The van der Waals surface area contributed by atoms with Crippen LogP contribution in [0.5, 0.6) is 0 Å². The number of aromatic carboxylic acids is 1. The summed E-state index contributed by atoms with van der Waals surface area (Å²) in [5, 5.41) is 13.7. The molecule has 0 unspecified atom stereocenters. The first-order valence-corrected chi connectivity index (χ1v) is 7.88. The van der Waals surface area contributed by atoms with Crippen molar-refractivity contribution >= 4 is 39.1 Å². The predicted octanol–water partition coefficient (Wildman–Crippen LogP) is 1.20. The number of urea groups is 1. The van der Waals surface area contributed by atoms with Crippen LogP contribution in [0.15, 0.2) is 18.2 Å². The van der Waals surface area contributed by atoms with Gasteiger partial charge in [0.15, 0.2) is 0 Å². The van der Waals surface area contributed by atoms with Gasteiger partial charge in [0.25, 0.3) is 0 Å². The highest BCUT2D eigenvalue weighted by Gasteiger charge is 2.11. The Morgan fingerprint density at radius 3 is 2.55 bits per heavy atom. The number of halogens is 1. The van der Waals surface area contributed by atoms with Gasteiger partial charge >= 0.3 is 12.0 Å². The zero-order valence-electron chi connectivity index (χ0n) is 10.5. The number of nitrogens with one attached hydrogen (secondary N) is 2. The Morgan fingerprint density at radius 2 is 2.00 bits per heavy atom. The van der Waals surface area contributed by atoms with E-state index in [-0.39, 0.29) is 28.6 Å². The van der Waals surface area contributed by atoms with Crippen LogP contribution in [-0.2, 0) is 9.84 Å². The molecule has 0 saturated heterocycles. The Labute approximate surface area is 120 Å². The van der Waals surface area contributed by atoms with Crippen molar-refractivity contribution in [3.63, 3.8) is 0 Å². The maximum Gasteiger partial charge on any atom is 0.337 e. The van der Waals surface area contributed by atoms with Crippen LogP contribution in [0.25, 0.3) is 0 Å². The highest BCUT2D eigenvalue weighted by molar-refractivity contribution is 7.90. The van der Waals surface area contributed by atoms with E-state index in [4.69, 9.17) is 16.7 Å². The lowest BCUT2D eigenvalue weighted by Crippen LogP contribution is -2.32. The second-order valence-electron chi connectivity index (χ2n) is 4.01. The molecule has 1 rings (SSSR count). The summed E-state index contributed by atoms with van der Waals surface area (Å²) >= 11 is 5.69. The van der Waals surface area contributed by atoms with Gasteiger partial charge in [0.2, 0.25) is 0 Å². The molecule has 1 aromatic rings. The van der Waals surface area contributed by atoms with Crippen LogP contribution < -0.4 is 10.6 Å². The van der Waals surface area contributed by atoms with Gasteiger partial charge in [-0.2, -0.15) is 0 Å². The summed E-state index contributed by atoms with van der Waals surface area (Å²) < 4.78 is 21.8.